The molecule has 8 nitrogen and oxygen atoms in total. The number of esters is 3. The van der Waals surface area contributed by atoms with E-state index in [4.69, 9.17) is 18.9 Å². The van der Waals surface area contributed by atoms with Gasteiger partial charge < -0.3 is 24.1 Å². The van der Waals surface area contributed by atoms with Crippen LogP contribution in [0.15, 0.2) is 54.6 Å². The maximum absolute atomic E-state index is 12.4. The summed E-state index contributed by atoms with van der Waals surface area (Å²) in [5.74, 6) is -1.65. The quantitative estimate of drug-likeness (QED) is 0.431. The van der Waals surface area contributed by atoms with Crippen LogP contribution in [0, 0.1) is 0 Å². The number of hydrogen-bond donors (Lipinski definition) is 1. The van der Waals surface area contributed by atoms with E-state index in [0.29, 0.717) is 5.56 Å². The van der Waals surface area contributed by atoms with Crippen molar-refractivity contribution in [2.45, 2.75) is 50.5 Å². The van der Waals surface area contributed by atoms with Gasteiger partial charge in [0.2, 0.25) is 0 Å². The largest absolute Gasteiger partial charge is 0.459 e. The van der Waals surface area contributed by atoms with E-state index in [1.807, 2.05) is 0 Å². The average molecular weight is 402 g/mol. The molecule has 0 bridgehead atoms. The average Bonchev–Trinajstić information content (AvgIpc) is 3.00. The van der Waals surface area contributed by atoms with Crippen LogP contribution in [0.2, 0.25) is 0 Å². The first-order chi connectivity index (χ1) is 13.8. The highest BCUT2D eigenvalue weighted by molar-refractivity contribution is 5.89. The van der Waals surface area contributed by atoms with Crippen molar-refractivity contribution in [2.24, 2.45) is 0 Å². The van der Waals surface area contributed by atoms with Crippen molar-refractivity contribution >= 4 is 17.9 Å². The van der Waals surface area contributed by atoms with Crippen molar-refractivity contribution in [3.8, 4) is 0 Å². The van der Waals surface area contributed by atoms with Crippen LogP contribution >= 0.6 is 0 Å². The fourth-order valence-electron chi connectivity index (χ4n) is 3.12. The van der Waals surface area contributed by atoms with E-state index in [-0.39, 0.29) is 0 Å². The number of benzene rings is 1. The third kappa shape index (κ3) is 5.10. The molecule has 0 aromatic heterocycles. The van der Waals surface area contributed by atoms with Gasteiger partial charge in [-0.25, -0.2) is 9.59 Å². The molecular formula is C21H22O8. The first-order valence-electron chi connectivity index (χ1n) is 9.19. The van der Waals surface area contributed by atoms with Gasteiger partial charge in [0.15, 0.2) is 12.2 Å². The Hall–Kier alpha value is -2.97. The number of carbonyl (C=O) groups excluding carboxylic acids is 3. The number of carbonyl (C=O) groups is 3. The summed E-state index contributed by atoms with van der Waals surface area (Å²) >= 11 is 0. The molecule has 1 saturated heterocycles. The third-order valence-electron chi connectivity index (χ3n) is 4.54. The highest BCUT2D eigenvalue weighted by Crippen LogP contribution is 2.28. The fraction of sp³-hybridized carbons (Fsp3) is 0.381. The van der Waals surface area contributed by atoms with E-state index in [1.54, 1.807) is 37.3 Å². The topological polar surface area (TPSA) is 108 Å². The summed E-state index contributed by atoms with van der Waals surface area (Å²) in [7, 11) is 0. The lowest BCUT2D eigenvalue weighted by Gasteiger charge is -2.22. The first kappa shape index (κ1) is 20.8. The molecule has 1 aromatic rings. The summed E-state index contributed by atoms with van der Waals surface area (Å²) in [5, 5.41) is 10.4. The molecule has 0 saturated carbocycles. The lowest BCUT2D eigenvalue weighted by molar-refractivity contribution is -0.150. The standard InChI is InChI=1S/C21H22O8/c1-12(26-13(2)22)15(28-21(25)14-6-4-3-5-7-14)8-9-16-19(24)20-17(27-16)10-11-18(23)29-20/h3-12,15-17,19-20,24H,1-2H3/b9-8+/t12-,15+,16?,17-,19-,20+/m0/s1. The Morgan fingerprint density at radius 1 is 1.21 bits per heavy atom. The molecule has 0 aliphatic carbocycles. The minimum absolute atomic E-state index is 0.348. The number of ether oxygens (including phenoxy) is 4. The van der Waals surface area contributed by atoms with Gasteiger partial charge in [-0.05, 0) is 31.2 Å². The molecule has 1 N–H and O–H groups in total. The summed E-state index contributed by atoms with van der Waals surface area (Å²) in [6.45, 7) is 2.84. The predicted octanol–water partition coefficient (Wildman–Crippen LogP) is 1.33. The van der Waals surface area contributed by atoms with Gasteiger partial charge >= 0.3 is 17.9 Å². The summed E-state index contributed by atoms with van der Waals surface area (Å²) < 4.78 is 21.4. The highest BCUT2D eigenvalue weighted by Gasteiger charge is 2.45. The second-order valence-corrected chi connectivity index (χ2v) is 6.75. The van der Waals surface area contributed by atoms with Crippen LogP contribution in [0.5, 0.6) is 0 Å². The van der Waals surface area contributed by atoms with E-state index in [2.05, 4.69) is 0 Å². The summed E-state index contributed by atoms with van der Waals surface area (Å²) in [4.78, 5) is 35.1. The first-order valence-corrected chi connectivity index (χ1v) is 9.19. The Bertz CT molecular complexity index is 815. The van der Waals surface area contributed by atoms with E-state index < -0.39 is 54.5 Å². The van der Waals surface area contributed by atoms with Crippen molar-refractivity contribution in [1.29, 1.82) is 0 Å². The lowest BCUT2D eigenvalue weighted by Crippen LogP contribution is -2.38. The number of aliphatic hydroxyl groups is 1. The van der Waals surface area contributed by atoms with Crippen LogP contribution in [0.1, 0.15) is 24.2 Å². The predicted molar refractivity (Wildman–Crippen MR) is 99.7 cm³/mol. The molecule has 0 amide bonds. The van der Waals surface area contributed by atoms with Crippen molar-refractivity contribution < 1.29 is 38.4 Å². The van der Waals surface area contributed by atoms with Crippen molar-refractivity contribution in [2.75, 3.05) is 0 Å². The van der Waals surface area contributed by atoms with Crippen LogP contribution in [-0.2, 0) is 28.5 Å². The van der Waals surface area contributed by atoms with Gasteiger partial charge in [0.25, 0.3) is 0 Å². The molecular weight excluding hydrogens is 380 g/mol. The second kappa shape index (κ2) is 9.02. The minimum atomic E-state index is -1.08. The molecule has 1 unspecified atom stereocenters. The lowest BCUT2D eigenvalue weighted by atomic mass is 10.0. The Morgan fingerprint density at radius 3 is 2.62 bits per heavy atom. The zero-order valence-corrected chi connectivity index (χ0v) is 16.0. The molecule has 6 atom stereocenters. The normalized spacial score (nSPS) is 27.8. The summed E-state index contributed by atoms with van der Waals surface area (Å²) in [6, 6.07) is 8.39. The number of rotatable bonds is 6. The molecule has 8 heteroatoms. The SMILES string of the molecule is CC(=O)O[C@@H](C)[C@@H](/C=C/C1O[C@H]2C=CC(=O)O[C@H]2[C@H]1O)OC(=O)c1ccccc1. The fourth-order valence-corrected chi connectivity index (χ4v) is 3.12. The van der Waals surface area contributed by atoms with Gasteiger partial charge in [-0.15, -0.1) is 0 Å². The monoisotopic (exact) mass is 402 g/mol. The van der Waals surface area contributed by atoms with Crippen LogP contribution in [0.4, 0.5) is 0 Å². The third-order valence-corrected chi connectivity index (χ3v) is 4.54. The Morgan fingerprint density at radius 2 is 1.93 bits per heavy atom. The molecule has 2 aliphatic rings. The molecule has 2 aliphatic heterocycles. The molecule has 154 valence electrons. The van der Waals surface area contributed by atoms with Gasteiger partial charge in [-0.3, -0.25) is 4.79 Å². The van der Waals surface area contributed by atoms with Gasteiger partial charge in [0, 0.05) is 13.0 Å². The highest BCUT2D eigenvalue weighted by atomic mass is 16.6. The Labute approximate surface area is 167 Å². The zero-order valence-electron chi connectivity index (χ0n) is 16.0. The van der Waals surface area contributed by atoms with Crippen molar-refractivity contribution in [3.63, 3.8) is 0 Å². The van der Waals surface area contributed by atoms with Gasteiger partial charge in [0.1, 0.15) is 24.4 Å². The number of fused-ring (bicyclic) bond motifs is 1. The van der Waals surface area contributed by atoms with Crippen LogP contribution in [-0.4, -0.2) is 59.6 Å². The van der Waals surface area contributed by atoms with E-state index >= 15 is 0 Å². The smallest absolute Gasteiger partial charge is 0.338 e. The molecule has 1 aromatic carbocycles. The Kier molecular flexibility index (Phi) is 6.46. The maximum Gasteiger partial charge on any atom is 0.338 e. The van der Waals surface area contributed by atoms with Crippen molar-refractivity contribution in [1.82, 2.24) is 0 Å². The number of hydrogen-bond acceptors (Lipinski definition) is 8. The van der Waals surface area contributed by atoms with Gasteiger partial charge in [0.05, 0.1) is 5.56 Å². The van der Waals surface area contributed by atoms with E-state index in [1.165, 1.54) is 31.2 Å². The molecule has 0 radical (unpaired) electrons. The second-order valence-electron chi connectivity index (χ2n) is 6.75. The van der Waals surface area contributed by atoms with E-state index in [0.717, 1.165) is 0 Å². The molecule has 2 heterocycles. The van der Waals surface area contributed by atoms with Gasteiger partial charge in [-0.1, -0.05) is 24.3 Å². The molecule has 29 heavy (non-hydrogen) atoms. The van der Waals surface area contributed by atoms with E-state index in [9.17, 15) is 19.5 Å². The molecule has 3 rings (SSSR count). The summed E-state index contributed by atoms with van der Waals surface area (Å²) in [5.41, 5.74) is 0.348. The maximum atomic E-state index is 12.4. The van der Waals surface area contributed by atoms with Gasteiger partial charge in [-0.2, -0.15) is 0 Å². The van der Waals surface area contributed by atoms with Crippen molar-refractivity contribution in [3.05, 3.63) is 60.2 Å². The van der Waals surface area contributed by atoms with Crippen LogP contribution in [0.3, 0.4) is 0 Å². The minimum Gasteiger partial charge on any atom is -0.459 e. The zero-order chi connectivity index (χ0) is 21.0. The number of aliphatic hydroxyl groups excluding tert-OH is 1. The molecule has 1 fully saturated rings. The van der Waals surface area contributed by atoms with Crippen LogP contribution < -0.4 is 0 Å². The molecule has 0 spiro atoms. The Balaban J connectivity index is 1.72. The summed E-state index contributed by atoms with van der Waals surface area (Å²) in [6.07, 6.45) is 0.848. The van der Waals surface area contributed by atoms with Crippen LogP contribution in [0.25, 0.3) is 0 Å².